The van der Waals surface area contributed by atoms with Gasteiger partial charge in [0.15, 0.2) is 0 Å². The third-order valence-electron chi connectivity index (χ3n) is 6.77. The summed E-state index contributed by atoms with van der Waals surface area (Å²) in [5.74, 6) is 3.29. The van der Waals surface area contributed by atoms with Crippen LogP contribution in [-0.2, 0) is 0 Å². The van der Waals surface area contributed by atoms with E-state index in [-0.39, 0.29) is 12.2 Å². The molecule has 0 aromatic carbocycles. The Morgan fingerprint density at radius 1 is 0.850 bits per heavy atom. The number of aliphatic hydroxyl groups is 3. The maximum absolute atomic E-state index is 10.7. The standard InChI is InChI=1S/C17H26O3/c18-10-1-2-11-9(7-10)8-16(20)17-13(11)4-3-12-14(17)5-6-15(12)19/h9-11,13-14,16-20H,1-8H2. The molecule has 0 aromatic rings. The number of fused-ring (bicyclic) bond motifs is 5. The van der Waals surface area contributed by atoms with Crippen molar-refractivity contribution in [2.75, 3.05) is 0 Å². The van der Waals surface area contributed by atoms with E-state index < -0.39 is 0 Å². The van der Waals surface area contributed by atoms with E-state index in [1.165, 1.54) is 5.57 Å². The van der Waals surface area contributed by atoms with E-state index in [0.717, 1.165) is 51.4 Å². The predicted octanol–water partition coefficient (Wildman–Crippen LogP) is 2.78. The summed E-state index contributed by atoms with van der Waals surface area (Å²) in [6.07, 6.45) is 7.51. The fourth-order valence-electron chi connectivity index (χ4n) is 6.03. The molecule has 0 radical (unpaired) electrons. The first-order valence-corrected chi connectivity index (χ1v) is 8.42. The fraction of sp³-hybridized carbons (Fsp3) is 0.882. The lowest BCUT2D eigenvalue weighted by Gasteiger charge is -2.53. The van der Waals surface area contributed by atoms with E-state index in [1.54, 1.807) is 0 Å². The number of allylic oxidation sites excluding steroid dienone is 2. The van der Waals surface area contributed by atoms with Crippen molar-refractivity contribution in [1.82, 2.24) is 0 Å². The lowest BCUT2D eigenvalue weighted by molar-refractivity contribution is -0.0921. The Morgan fingerprint density at radius 2 is 1.70 bits per heavy atom. The lowest BCUT2D eigenvalue weighted by Crippen LogP contribution is -2.50. The molecule has 0 bridgehead atoms. The molecule has 3 fully saturated rings. The summed E-state index contributed by atoms with van der Waals surface area (Å²) in [6, 6.07) is 0. The summed E-state index contributed by atoms with van der Waals surface area (Å²) in [6.45, 7) is 0. The van der Waals surface area contributed by atoms with Gasteiger partial charge in [-0.2, -0.15) is 0 Å². The van der Waals surface area contributed by atoms with Crippen molar-refractivity contribution in [3.05, 3.63) is 11.3 Å². The van der Waals surface area contributed by atoms with Gasteiger partial charge in [-0.1, -0.05) is 0 Å². The highest BCUT2D eigenvalue weighted by Crippen LogP contribution is 2.57. The molecule has 112 valence electrons. The molecule has 7 unspecified atom stereocenters. The van der Waals surface area contributed by atoms with Crippen molar-refractivity contribution in [2.45, 2.75) is 63.6 Å². The van der Waals surface area contributed by atoms with E-state index in [1.807, 2.05) is 0 Å². The van der Waals surface area contributed by atoms with E-state index >= 15 is 0 Å². The summed E-state index contributed by atoms with van der Waals surface area (Å²) in [5, 5.41) is 30.6. The van der Waals surface area contributed by atoms with Gasteiger partial charge in [0.25, 0.3) is 0 Å². The zero-order valence-corrected chi connectivity index (χ0v) is 12.0. The van der Waals surface area contributed by atoms with Crippen LogP contribution in [0, 0.1) is 29.6 Å². The second-order valence-corrected chi connectivity index (χ2v) is 7.59. The van der Waals surface area contributed by atoms with Crippen LogP contribution in [0.15, 0.2) is 11.3 Å². The van der Waals surface area contributed by atoms with Crippen LogP contribution in [0.1, 0.15) is 51.4 Å². The second kappa shape index (κ2) is 4.74. The molecule has 0 aromatic heterocycles. The fourth-order valence-corrected chi connectivity index (χ4v) is 6.03. The lowest BCUT2D eigenvalue weighted by atomic mass is 9.53. The quantitative estimate of drug-likeness (QED) is 0.638. The molecular weight excluding hydrogens is 252 g/mol. The van der Waals surface area contributed by atoms with Gasteiger partial charge in [-0.15, -0.1) is 0 Å². The largest absolute Gasteiger partial charge is 0.512 e. The zero-order valence-electron chi connectivity index (χ0n) is 12.0. The summed E-state index contributed by atoms with van der Waals surface area (Å²) in [4.78, 5) is 0. The molecule has 0 amide bonds. The number of hydrogen-bond donors (Lipinski definition) is 3. The van der Waals surface area contributed by atoms with E-state index in [2.05, 4.69) is 0 Å². The Bertz CT molecular complexity index is 430. The minimum Gasteiger partial charge on any atom is -0.512 e. The van der Waals surface area contributed by atoms with Gasteiger partial charge < -0.3 is 15.3 Å². The number of aliphatic hydroxyl groups excluding tert-OH is 3. The van der Waals surface area contributed by atoms with Gasteiger partial charge in [0.1, 0.15) is 0 Å². The molecule has 0 saturated heterocycles. The predicted molar refractivity (Wildman–Crippen MR) is 76.1 cm³/mol. The highest BCUT2D eigenvalue weighted by Gasteiger charge is 2.52. The van der Waals surface area contributed by atoms with Crippen LogP contribution in [0.25, 0.3) is 0 Å². The molecule has 3 nitrogen and oxygen atoms in total. The Labute approximate surface area is 120 Å². The Balaban J connectivity index is 1.62. The summed E-state index contributed by atoms with van der Waals surface area (Å²) in [7, 11) is 0. The zero-order chi connectivity index (χ0) is 13.9. The van der Waals surface area contributed by atoms with Crippen molar-refractivity contribution in [3.63, 3.8) is 0 Å². The van der Waals surface area contributed by atoms with Crippen LogP contribution in [0.4, 0.5) is 0 Å². The van der Waals surface area contributed by atoms with Crippen molar-refractivity contribution in [2.24, 2.45) is 29.6 Å². The van der Waals surface area contributed by atoms with Gasteiger partial charge in [-0.25, -0.2) is 0 Å². The van der Waals surface area contributed by atoms with Crippen LogP contribution in [0.2, 0.25) is 0 Å². The minimum absolute atomic E-state index is 0.144. The van der Waals surface area contributed by atoms with Crippen LogP contribution in [0.3, 0.4) is 0 Å². The van der Waals surface area contributed by atoms with Gasteiger partial charge >= 0.3 is 0 Å². The molecule has 4 rings (SSSR count). The van der Waals surface area contributed by atoms with Gasteiger partial charge in [-0.3, -0.25) is 0 Å². The topological polar surface area (TPSA) is 60.7 Å². The molecule has 0 aliphatic heterocycles. The maximum atomic E-state index is 10.7. The average Bonchev–Trinajstić information content (AvgIpc) is 2.80. The van der Waals surface area contributed by atoms with E-state index in [0.29, 0.717) is 35.3 Å². The highest BCUT2D eigenvalue weighted by atomic mass is 16.3. The first-order chi connectivity index (χ1) is 9.65. The Morgan fingerprint density at radius 3 is 2.55 bits per heavy atom. The number of rotatable bonds is 0. The smallest absolute Gasteiger partial charge is 0.0917 e. The summed E-state index contributed by atoms with van der Waals surface area (Å²) < 4.78 is 0. The Hall–Kier alpha value is -0.540. The van der Waals surface area contributed by atoms with Crippen molar-refractivity contribution in [3.8, 4) is 0 Å². The van der Waals surface area contributed by atoms with Gasteiger partial charge in [0.05, 0.1) is 18.0 Å². The van der Waals surface area contributed by atoms with Crippen molar-refractivity contribution < 1.29 is 15.3 Å². The van der Waals surface area contributed by atoms with Gasteiger partial charge in [-0.05, 0) is 80.1 Å². The van der Waals surface area contributed by atoms with Crippen molar-refractivity contribution in [1.29, 1.82) is 0 Å². The van der Waals surface area contributed by atoms with E-state index in [4.69, 9.17) is 0 Å². The molecule has 4 aliphatic carbocycles. The molecule has 0 heterocycles. The Kier molecular flexibility index (Phi) is 3.11. The third kappa shape index (κ3) is 1.86. The molecule has 3 heteroatoms. The molecule has 4 aliphatic rings. The molecular formula is C17H26O3. The first kappa shape index (κ1) is 13.1. The van der Waals surface area contributed by atoms with Crippen molar-refractivity contribution >= 4 is 0 Å². The van der Waals surface area contributed by atoms with Crippen LogP contribution in [0.5, 0.6) is 0 Å². The molecule has 0 spiro atoms. The first-order valence-electron chi connectivity index (χ1n) is 8.42. The summed E-state index contributed by atoms with van der Waals surface area (Å²) >= 11 is 0. The summed E-state index contributed by atoms with van der Waals surface area (Å²) in [5.41, 5.74) is 1.26. The molecule has 7 atom stereocenters. The molecule has 20 heavy (non-hydrogen) atoms. The second-order valence-electron chi connectivity index (χ2n) is 7.59. The van der Waals surface area contributed by atoms with E-state index in [9.17, 15) is 15.3 Å². The monoisotopic (exact) mass is 278 g/mol. The van der Waals surface area contributed by atoms with Crippen LogP contribution < -0.4 is 0 Å². The van der Waals surface area contributed by atoms with Crippen LogP contribution >= 0.6 is 0 Å². The highest BCUT2D eigenvalue weighted by molar-refractivity contribution is 5.23. The third-order valence-corrected chi connectivity index (χ3v) is 6.77. The minimum atomic E-state index is -0.224. The van der Waals surface area contributed by atoms with Gasteiger partial charge in [0.2, 0.25) is 0 Å². The molecule has 3 saturated carbocycles. The van der Waals surface area contributed by atoms with Gasteiger partial charge in [0, 0.05) is 6.42 Å². The maximum Gasteiger partial charge on any atom is 0.0917 e. The number of hydrogen-bond acceptors (Lipinski definition) is 3. The molecule has 3 N–H and O–H groups in total. The van der Waals surface area contributed by atoms with Crippen LogP contribution in [-0.4, -0.2) is 27.5 Å². The SMILES string of the molecule is OC1=C2CCC3C4CCC(O)CC4CC(O)C3C2CC1. The normalized spacial score (nSPS) is 51.4. The average molecular weight is 278 g/mol.